The number of carbonyl (C=O) groups is 1. The van der Waals surface area contributed by atoms with E-state index in [1.165, 1.54) is 19.3 Å². The molecule has 3 nitrogen and oxygen atoms in total. The van der Waals surface area contributed by atoms with Gasteiger partial charge in [0, 0.05) is 19.1 Å². The van der Waals surface area contributed by atoms with E-state index in [0.29, 0.717) is 18.4 Å². The van der Waals surface area contributed by atoms with Crippen molar-refractivity contribution in [3.05, 3.63) is 0 Å². The Kier molecular flexibility index (Phi) is 5.26. The van der Waals surface area contributed by atoms with Gasteiger partial charge in [0.25, 0.3) is 0 Å². The summed E-state index contributed by atoms with van der Waals surface area (Å²) in [6.07, 6.45) is 4.02. The molecule has 3 heteroatoms. The van der Waals surface area contributed by atoms with Crippen molar-refractivity contribution in [2.24, 2.45) is 11.8 Å². The van der Waals surface area contributed by atoms with Crippen LogP contribution >= 0.6 is 0 Å². The molecular weight excluding hydrogens is 202 g/mol. The Hall–Kier alpha value is -0.570. The predicted molar refractivity (Wildman–Crippen MR) is 65.5 cm³/mol. The largest absolute Gasteiger partial charge is 0.481 e. The van der Waals surface area contributed by atoms with E-state index < -0.39 is 5.97 Å². The molecule has 0 bridgehead atoms. The van der Waals surface area contributed by atoms with E-state index in [1.807, 2.05) is 0 Å². The molecule has 1 heterocycles. The van der Waals surface area contributed by atoms with Gasteiger partial charge in [0.2, 0.25) is 0 Å². The van der Waals surface area contributed by atoms with Gasteiger partial charge in [-0.15, -0.1) is 0 Å². The Morgan fingerprint density at radius 3 is 2.44 bits per heavy atom. The number of hydrogen-bond donors (Lipinski definition) is 1. The van der Waals surface area contributed by atoms with Crippen molar-refractivity contribution < 1.29 is 9.90 Å². The standard InChI is InChI=1S/C13H25NO2/c1-4-10(3)6-12(5-2)14-8-11(9-14)7-13(15)16/h10-12H,4-9H2,1-3H3,(H,15,16). The summed E-state index contributed by atoms with van der Waals surface area (Å²) in [6.45, 7) is 8.75. The fourth-order valence-corrected chi connectivity index (χ4v) is 2.49. The van der Waals surface area contributed by atoms with Crippen LogP contribution in [-0.4, -0.2) is 35.1 Å². The van der Waals surface area contributed by atoms with Crippen molar-refractivity contribution in [3.8, 4) is 0 Å². The van der Waals surface area contributed by atoms with E-state index >= 15 is 0 Å². The number of likely N-dealkylation sites (tertiary alicyclic amines) is 1. The Balaban J connectivity index is 2.27. The van der Waals surface area contributed by atoms with E-state index in [2.05, 4.69) is 25.7 Å². The summed E-state index contributed by atoms with van der Waals surface area (Å²) in [5.41, 5.74) is 0. The molecule has 1 aliphatic rings. The molecule has 0 aromatic rings. The maximum atomic E-state index is 10.6. The first-order valence-electron chi connectivity index (χ1n) is 6.52. The zero-order valence-electron chi connectivity index (χ0n) is 10.8. The van der Waals surface area contributed by atoms with Crippen LogP contribution in [0.4, 0.5) is 0 Å². The lowest BCUT2D eigenvalue weighted by Gasteiger charge is -2.44. The molecule has 0 spiro atoms. The predicted octanol–water partition coefficient (Wildman–Crippen LogP) is 2.61. The number of aliphatic carboxylic acids is 1. The first-order chi connectivity index (χ1) is 7.56. The normalized spacial score (nSPS) is 21.4. The van der Waals surface area contributed by atoms with E-state index in [4.69, 9.17) is 5.11 Å². The molecule has 2 atom stereocenters. The second-order valence-corrected chi connectivity index (χ2v) is 5.23. The highest BCUT2D eigenvalue weighted by Crippen LogP contribution is 2.26. The molecular formula is C13H25NO2. The molecule has 94 valence electrons. The Morgan fingerprint density at radius 2 is 2.00 bits per heavy atom. The summed E-state index contributed by atoms with van der Waals surface area (Å²) < 4.78 is 0. The van der Waals surface area contributed by atoms with Gasteiger partial charge in [-0.3, -0.25) is 9.69 Å². The zero-order chi connectivity index (χ0) is 12.1. The highest BCUT2D eigenvalue weighted by Gasteiger charge is 2.32. The number of nitrogens with zero attached hydrogens (tertiary/aromatic N) is 1. The average Bonchev–Trinajstić information content (AvgIpc) is 2.19. The van der Waals surface area contributed by atoms with Crippen molar-refractivity contribution in [1.82, 2.24) is 4.90 Å². The summed E-state index contributed by atoms with van der Waals surface area (Å²) in [6, 6.07) is 0.667. The molecule has 0 radical (unpaired) electrons. The minimum atomic E-state index is -0.653. The maximum absolute atomic E-state index is 10.6. The molecule has 0 saturated carbocycles. The van der Waals surface area contributed by atoms with Crippen LogP contribution in [0.1, 0.15) is 46.5 Å². The van der Waals surface area contributed by atoms with Gasteiger partial charge in [0.15, 0.2) is 0 Å². The van der Waals surface area contributed by atoms with Gasteiger partial charge in [0.1, 0.15) is 0 Å². The topological polar surface area (TPSA) is 40.5 Å². The summed E-state index contributed by atoms with van der Waals surface area (Å²) in [5, 5.41) is 8.70. The molecule has 0 aliphatic carbocycles. The van der Waals surface area contributed by atoms with E-state index in [9.17, 15) is 4.79 Å². The van der Waals surface area contributed by atoms with Crippen molar-refractivity contribution in [1.29, 1.82) is 0 Å². The van der Waals surface area contributed by atoms with Crippen LogP contribution in [0.3, 0.4) is 0 Å². The highest BCUT2D eigenvalue weighted by molar-refractivity contribution is 5.67. The van der Waals surface area contributed by atoms with Crippen LogP contribution in [0.5, 0.6) is 0 Å². The molecule has 0 aromatic heterocycles. The minimum absolute atomic E-state index is 0.344. The third-order valence-corrected chi connectivity index (χ3v) is 3.81. The maximum Gasteiger partial charge on any atom is 0.303 e. The molecule has 1 fully saturated rings. The van der Waals surface area contributed by atoms with Gasteiger partial charge in [0.05, 0.1) is 6.42 Å². The Labute approximate surface area is 98.8 Å². The van der Waals surface area contributed by atoms with Crippen molar-refractivity contribution in [2.75, 3.05) is 13.1 Å². The van der Waals surface area contributed by atoms with Crippen LogP contribution in [-0.2, 0) is 4.79 Å². The van der Waals surface area contributed by atoms with Gasteiger partial charge >= 0.3 is 5.97 Å². The quantitative estimate of drug-likeness (QED) is 0.727. The summed E-state index contributed by atoms with van der Waals surface area (Å²) in [7, 11) is 0. The first kappa shape index (κ1) is 13.5. The number of rotatable bonds is 7. The van der Waals surface area contributed by atoms with Crippen molar-refractivity contribution in [2.45, 2.75) is 52.5 Å². The molecule has 16 heavy (non-hydrogen) atoms. The molecule has 0 aromatic carbocycles. The van der Waals surface area contributed by atoms with E-state index in [0.717, 1.165) is 19.0 Å². The van der Waals surface area contributed by atoms with Crippen LogP contribution in [0.2, 0.25) is 0 Å². The third kappa shape index (κ3) is 3.78. The van der Waals surface area contributed by atoms with Gasteiger partial charge in [-0.2, -0.15) is 0 Å². The second kappa shape index (κ2) is 6.24. The minimum Gasteiger partial charge on any atom is -0.481 e. The van der Waals surface area contributed by atoms with Gasteiger partial charge in [-0.1, -0.05) is 27.2 Å². The SMILES string of the molecule is CCC(C)CC(CC)N1CC(CC(=O)O)C1. The van der Waals surface area contributed by atoms with Crippen LogP contribution < -0.4 is 0 Å². The van der Waals surface area contributed by atoms with Gasteiger partial charge in [-0.05, 0) is 24.7 Å². The van der Waals surface area contributed by atoms with Crippen molar-refractivity contribution >= 4 is 5.97 Å². The molecule has 0 amide bonds. The van der Waals surface area contributed by atoms with Gasteiger partial charge in [-0.25, -0.2) is 0 Å². The van der Waals surface area contributed by atoms with Crippen LogP contribution in [0.15, 0.2) is 0 Å². The smallest absolute Gasteiger partial charge is 0.303 e. The average molecular weight is 227 g/mol. The highest BCUT2D eigenvalue weighted by atomic mass is 16.4. The number of carboxylic acid groups (broad SMARTS) is 1. The molecule has 2 unspecified atom stereocenters. The summed E-state index contributed by atoms with van der Waals surface area (Å²) in [4.78, 5) is 13.0. The lowest BCUT2D eigenvalue weighted by atomic mass is 9.89. The Bertz CT molecular complexity index is 224. The monoisotopic (exact) mass is 227 g/mol. The lowest BCUT2D eigenvalue weighted by molar-refractivity contribution is -0.140. The van der Waals surface area contributed by atoms with Crippen LogP contribution in [0, 0.1) is 11.8 Å². The fourth-order valence-electron chi connectivity index (χ4n) is 2.49. The third-order valence-electron chi connectivity index (χ3n) is 3.81. The van der Waals surface area contributed by atoms with E-state index in [1.54, 1.807) is 0 Å². The first-order valence-corrected chi connectivity index (χ1v) is 6.52. The molecule has 1 N–H and O–H groups in total. The molecule has 1 aliphatic heterocycles. The number of carboxylic acids is 1. The fraction of sp³-hybridized carbons (Fsp3) is 0.923. The molecule has 1 rings (SSSR count). The summed E-state index contributed by atoms with van der Waals surface area (Å²) in [5.74, 6) is 0.520. The zero-order valence-corrected chi connectivity index (χ0v) is 10.8. The van der Waals surface area contributed by atoms with Crippen LogP contribution in [0.25, 0.3) is 0 Å². The number of hydrogen-bond acceptors (Lipinski definition) is 2. The van der Waals surface area contributed by atoms with Gasteiger partial charge < -0.3 is 5.11 Å². The molecule has 1 saturated heterocycles. The second-order valence-electron chi connectivity index (χ2n) is 5.23. The van der Waals surface area contributed by atoms with E-state index in [-0.39, 0.29) is 0 Å². The van der Waals surface area contributed by atoms with Crippen molar-refractivity contribution in [3.63, 3.8) is 0 Å². The Morgan fingerprint density at radius 1 is 1.38 bits per heavy atom. The lowest BCUT2D eigenvalue weighted by Crippen LogP contribution is -2.52. The summed E-state index contributed by atoms with van der Waals surface area (Å²) >= 11 is 0.